The molecule has 0 aliphatic rings. The van der Waals surface area contributed by atoms with E-state index >= 15 is 0 Å². The summed E-state index contributed by atoms with van der Waals surface area (Å²) in [6.45, 7) is 4.67. The van der Waals surface area contributed by atoms with Crippen molar-refractivity contribution < 1.29 is 9.53 Å². The summed E-state index contributed by atoms with van der Waals surface area (Å²) in [6, 6.07) is 31.1. The second-order valence-corrected chi connectivity index (χ2v) is 7.54. The predicted octanol–water partition coefficient (Wildman–Crippen LogP) is 5.86. The summed E-state index contributed by atoms with van der Waals surface area (Å²) in [7, 11) is 0. The van der Waals surface area contributed by atoms with Crippen LogP contribution in [0.4, 0.5) is 0 Å². The molecule has 0 saturated carbocycles. The first-order valence-corrected chi connectivity index (χ1v) is 9.92. The molecule has 0 aliphatic carbocycles. The molecule has 0 heterocycles. The SMILES string of the molecule is C[C@@H](COC(c1ccccc1)(c1ccccc1)c1ccccc1)C[C@@H](C)C=O. The van der Waals surface area contributed by atoms with Gasteiger partial charge in [0.05, 0.1) is 6.61 Å². The lowest BCUT2D eigenvalue weighted by molar-refractivity contribution is -0.111. The molecule has 144 valence electrons. The maximum absolute atomic E-state index is 11.1. The molecule has 2 heteroatoms. The van der Waals surface area contributed by atoms with E-state index in [4.69, 9.17) is 4.74 Å². The first kappa shape index (κ1) is 20.0. The highest BCUT2D eigenvalue weighted by atomic mass is 16.5. The zero-order valence-electron chi connectivity index (χ0n) is 16.6. The molecule has 2 nitrogen and oxygen atoms in total. The van der Waals surface area contributed by atoms with Crippen molar-refractivity contribution in [2.75, 3.05) is 6.61 Å². The monoisotopic (exact) mass is 372 g/mol. The second-order valence-electron chi connectivity index (χ2n) is 7.54. The average molecular weight is 373 g/mol. The molecule has 3 rings (SSSR count). The van der Waals surface area contributed by atoms with Gasteiger partial charge in [-0.15, -0.1) is 0 Å². The van der Waals surface area contributed by atoms with Crippen molar-refractivity contribution in [3.05, 3.63) is 108 Å². The van der Waals surface area contributed by atoms with Gasteiger partial charge in [0, 0.05) is 5.92 Å². The van der Waals surface area contributed by atoms with Gasteiger partial charge in [0.15, 0.2) is 0 Å². The zero-order valence-corrected chi connectivity index (χ0v) is 16.6. The van der Waals surface area contributed by atoms with Gasteiger partial charge in [-0.05, 0) is 29.0 Å². The van der Waals surface area contributed by atoms with E-state index in [2.05, 4.69) is 79.7 Å². The molecule has 0 bridgehead atoms. The molecule has 0 spiro atoms. The van der Waals surface area contributed by atoms with Gasteiger partial charge in [-0.3, -0.25) is 0 Å². The van der Waals surface area contributed by atoms with Gasteiger partial charge in [-0.1, -0.05) is 105 Å². The average Bonchev–Trinajstić information content (AvgIpc) is 2.76. The molecule has 0 fully saturated rings. The fraction of sp³-hybridized carbons (Fsp3) is 0.269. The Morgan fingerprint density at radius 1 is 0.750 bits per heavy atom. The number of carbonyl (C=O) groups excluding carboxylic acids is 1. The summed E-state index contributed by atoms with van der Waals surface area (Å²) < 4.78 is 6.78. The maximum atomic E-state index is 11.1. The number of benzene rings is 3. The van der Waals surface area contributed by atoms with Crippen LogP contribution in [0.5, 0.6) is 0 Å². The summed E-state index contributed by atoms with van der Waals surface area (Å²) in [5.74, 6) is 0.314. The van der Waals surface area contributed by atoms with Gasteiger partial charge < -0.3 is 9.53 Å². The van der Waals surface area contributed by atoms with Crippen LogP contribution >= 0.6 is 0 Å². The first-order chi connectivity index (χ1) is 13.7. The number of ether oxygens (including phenoxy) is 1. The van der Waals surface area contributed by atoms with Crippen LogP contribution in [0.15, 0.2) is 91.0 Å². The summed E-state index contributed by atoms with van der Waals surface area (Å²) in [5.41, 5.74) is 2.61. The fourth-order valence-electron chi connectivity index (χ4n) is 3.79. The first-order valence-electron chi connectivity index (χ1n) is 9.92. The van der Waals surface area contributed by atoms with Crippen molar-refractivity contribution in [2.45, 2.75) is 25.9 Å². The Morgan fingerprint density at radius 2 is 1.14 bits per heavy atom. The van der Waals surface area contributed by atoms with Crippen molar-refractivity contribution >= 4 is 6.29 Å². The van der Waals surface area contributed by atoms with E-state index in [1.807, 2.05) is 25.1 Å². The largest absolute Gasteiger partial charge is 0.361 e. The van der Waals surface area contributed by atoms with Crippen LogP contribution in [-0.4, -0.2) is 12.9 Å². The highest BCUT2D eigenvalue weighted by Gasteiger charge is 2.37. The minimum absolute atomic E-state index is 0.0400. The molecule has 2 atom stereocenters. The molecule has 0 saturated heterocycles. The van der Waals surface area contributed by atoms with Crippen molar-refractivity contribution in [1.82, 2.24) is 0 Å². The third-order valence-electron chi connectivity index (χ3n) is 5.13. The van der Waals surface area contributed by atoms with E-state index < -0.39 is 5.60 Å². The normalized spacial score (nSPS) is 13.6. The van der Waals surface area contributed by atoms with Gasteiger partial charge in [0.2, 0.25) is 0 Å². The molecular weight excluding hydrogens is 344 g/mol. The third-order valence-corrected chi connectivity index (χ3v) is 5.13. The summed E-state index contributed by atoms with van der Waals surface area (Å²) in [4.78, 5) is 11.1. The van der Waals surface area contributed by atoms with Crippen LogP contribution in [0.3, 0.4) is 0 Å². The predicted molar refractivity (Wildman–Crippen MR) is 114 cm³/mol. The van der Waals surface area contributed by atoms with Crippen LogP contribution in [0, 0.1) is 11.8 Å². The quantitative estimate of drug-likeness (QED) is 0.347. The van der Waals surface area contributed by atoms with E-state index in [9.17, 15) is 4.79 Å². The minimum Gasteiger partial charge on any atom is -0.361 e. The van der Waals surface area contributed by atoms with Crippen molar-refractivity contribution in [3.8, 4) is 0 Å². The highest BCUT2D eigenvalue weighted by Crippen LogP contribution is 2.40. The molecule has 0 aliphatic heterocycles. The number of rotatable bonds is 9. The molecule has 3 aromatic rings. The smallest absolute Gasteiger partial charge is 0.143 e. The lowest BCUT2D eigenvalue weighted by Crippen LogP contribution is -2.34. The molecular formula is C26H28O2. The van der Waals surface area contributed by atoms with Crippen LogP contribution in [-0.2, 0) is 15.1 Å². The molecule has 0 radical (unpaired) electrons. The standard InChI is InChI=1S/C26H28O2/c1-21(19-27)18-22(2)20-28-26(23-12-6-3-7-13-23,24-14-8-4-9-15-24)25-16-10-5-11-17-25/h3-17,19,21-22H,18,20H2,1-2H3/t21-,22-/m1/s1. The number of carbonyl (C=O) groups is 1. The van der Waals surface area contributed by atoms with Gasteiger partial charge >= 0.3 is 0 Å². The van der Waals surface area contributed by atoms with Crippen molar-refractivity contribution in [3.63, 3.8) is 0 Å². The number of hydrogen-bond donors (Lipinski definition) is 0. The topological polar surface area (TPSA) is 26.3 Å². The Hall–Kier alpha value is -2.71. The Morgan fingerprint density at radius 3 is 1.50 bits per heavy atom. The molecule has 0 amide bonds. The summed E-state index contributed by atoms with van der Waals surface area (Å²) in [5, 5.41) is 0. The Balaban J connectivity index is 2.07. The molecule has 0 aromatic heterocycles. The van der Waals surface area contributed by atoms with E-state index in [1.165, 1.54) is 0 Å². The van der Waals surface area contributed by atoms with Crippen LogP contribution < -0.4 is 0 Å². The Labute approximate surface area is 168 Å². The maximum Gasteiger partial charge on any atom is 0.143 e. The zero-order chi connectivity index (χ0) is 19.8. The van der Waals surface area contributed by atoms with Crippen LogP contribution in [0.1, 0.15) is 37.0 Å². The highest BCUT2D eigenvalue weighted by molar-refractivity contribution is 5.52. The van der Waals surface area contributed by atoms with Crippen LogP contribution in [0.2, 0.25) is 0 Å². The second kappa shape index (κ2) is 9.48. The minimum atomic E-state index is -0.692. The third kappa shape index (κ3) is 4.40. The van der Waals surface area contributed by atoms with Gasteiger partial charge in [-0.25, -0.2) is 0 Å². The van der Waals surface area contributed by atoms with Gasteiger partial charge in [0.25, 0.3) is 0 Å². The van der Waals surface area contributed by atoms with Gasteiger partial charge in [0.1, 0.15) is 11.9 Å². The molecule has 3 aromatic carbocycles. The molecule has 0 N–H and O–H groups in total. The van der Waals surface area contributed by atoms with Gasteiger partial charge in [-0.2, -0.15) is 0 Å². The van der Waals surface area contributed by atoms with E-state index in [0.29, 0.717) is 6.61 Å². The Kier molecular flexibility index (Phi) is 6.78. The van der Waals surface area contributed by atoms with E-state index in [0.717, 1.165) is 29.4 Å². The molecule has 0 unspecified atom stereocenters. The Bertz CT molecular complexity index is 747. The summed E-state index contributed by atoms with van der Waals surface area (Å²) in [6.07, 6.45) is 1.84. The number of aldehydes is 1. The fourth-order valence-corrected chi connectivity index (χ4v) is 3.79. The lowest BCUT2D eigenvalue weighted by atomic mass is 9.80. The lowest BCUT2D eigenvalue weighted by Gasteiger charge is -2.37. The number of hydrogen-bond acceptors (Lipinski definition) is 2. The summed E-state index contributed by atoms with van der Waals surface area (Å²) >= 11 is 0. The van der Waals surface area contributed by atoms with E-state index in [1.54, 1.807) is 0 Å². The van der Waals surface area contributed by atoms with Crippen molar-refractivity contribution in [2.24, 2.45) is 11.8 Å². The van der Waals surface area contributed by atoms with Crippen LogP contribution in [0.25, 0.3) is 0 Å². The van der Waals surface area contributed by atoms with Crippen molar-refractivity contribution in [1.29, 1.82) is 0 Å². The molecule has 28 heavy (non-hydrogen) atoms. The van der Waals surface area contributed by atoms with E-state index in [-0.39, 0.29) is 11.8 Å².